The van der Waals surface area contributed by atoms with Gasteiger partial charge in [0.25, 0.3) is 0 Å². The third-order valence-corrected chi connectivity index (χ3v) is 5.59. The molecule has 1 aromatic heterocycles. The lowest BCUT2D eigenvalue weighted by molar-refractivity contribution is -0.109. The molecule has 1 atom stereocenters. The number of nitrogens with zero attached hydrogens (tertiary/aromatic N) is 3. The summed E-state index contributed by atoms with van der Waals surface area (Å²) in [5.41, 5.74) is 1.22. The number of benzene rings is 1. The van der Waals surface area contributed by atoms with Gasteiger partial charge in [0.15, 0.2) is 0 Å². The zero-order chi connectivity index (χ0) is 17.4. The van der Waals surface area contributed by atoms with Gasteiger partial charge in [-0.05, 0) is 18.4 Å². The zero-order valence-electron chi connectivity index (χ0n) is 12.2. The maximum Gasteiger partial charge on any atom is 0.149 e. The second-order valence-corrected chi connectivity index (χ2v) is 7.63. The zero-order valence-corrected chi connectivity index (χ0v) is 17.4. The van der Waals surface area contributed by atoms with Crippen LogP contribution in [0.2, 0.25) is 15.1 Å². The van der Waals surface area contributed by atoms with Crippen molar-refractivity contribution < 1.29 is 4.79 Å². The maximum atomic E-state index is 11.5. The molecule has 0 aliphatic carbocycles. The minimum Gasteiger partial charge on any atom is -0.328 e. The molecule has 10 heteroatoms. The Kier molecular flexibility index (Phi) is 5.65. The molecule has 1 N–H and O–H groups in total. The van der Waals surface area contributed by atoms with Gasteiger partial charge in [-0.25, -0.2) is 4.68 Å². The minimum absolute atomic E-state index is 0.369. The molecule has 1 aromatic carbocycles. The monoisotopic (exact) mass is 514 g/mol. The van der Waals surface area contributed by atoms with E-state index in [9.17, 15) is 4.79 Å². The molecule has 1 aliphatic rings. The fourth-order valence-electron chi connectivity index (χ4n) is 2.41. The molecule has 3 rings (SSSR count). The van der Waals surface area contributed by atoms with Crippen molar-refractivity contribution in [1.29, 1.82) is 0 Å². The molecule has 0 spiro atoms. The summed E-state index contributed by atoms with van der Waals surface area (Å²) in [5, 5.41) is 9.66. The third-order valence-electron chi connectivity index (χ3n) is 3.38. The van der Waals surface area contributed by atoms with Gasteiger partial charge in [-0.2, -0.15) is 5.10 Å². The maximum absolute atomic E-state index is 11.5. The van der Waals surface area contributed by atoms with Crippen LogP contribution in [0.15, 0.2) is 22.2 Å². The molecular weight excluding hydrogens is 506 g/mol. The van der Waals surface area contributed by atoms with Crippen LogP contribution in [-0.2, 0) is 4.79 Å². The summed E-state index contributed by atoms with van der Waals surface area (Å²) in [6.45, 7) is 0. The van der Waals surface area contributed by atoms with Gasteiger partial charge < -0.3 is 10.1 Å². The summed E-state index contributed by atoms with van der Waals surface area (Å²) < 4.78 is 2.24. The first-order valence-electron chi connectivity index (χ1n) is 6.67. The minimum atomic E-state index is -0.605. The Morgan fingerprint density at radius 2 is 2.04 bits per heavy atom. The number of halogens is 4. The van der Waals surface area contributed by atoms with Crippen LogP contribution in [0.5, 0.6) is 0 Å². The highest BCUT2D eigenvalue weighted by Crippen LogP contribution is 2.41. The van der Waals surface area contributed by atoms with E-state index >= 15 is 0 Å². The highest BCUT2D eigenvalue weighted by Gasteiger charge is 2.31. The van der Waals surface area contributed by atoms with Gasteiger partial charge in [0, 0.05) is 5.02 Å². The van der Waals surface area contributed by atoms with E-state index in [4.69, 9.17) is 34.8 Å². The van der Waals surface area contributed by atoms with E-state index in [2.05, 4.69) is 38.0 Å². The number of alkyl halides is 1. The third kappa shape index (κ3) is 3.16. The van der Waals surface area contributed by atoms with Crippen molar-refractivity contribution in [2.24, 2.45) is 4.99 Å². The van der Waals surface area contributed by atoms with Crippen molar-refractivity contribution in [2.75, 3.05) is 16.0 Å². The molecule has 2 aromatic rings. The normalized spacial score (nSPS) is 16.4. The number of hydrogen-bond donors (Lipinski definition) is 1. The number of carbonyl (C=O) groups excluding carboxylic acids is 1. The van der Waals surface area contributed by atoms with Crippen LogP contribution in [0.4, 0.5) is 5.82 Å². The first-order valence-corrected chi connectivity index (χ1v) is 10.5. The fraction of sp³-hybridized carbons (Fsp3) is 0.214. The summed E-state index contributed by atoms with van der Waals surface area (Å²) in [6, 6.07) is 2.60. The lowest BCUT2D eigenvalue weighted by atomic mass is 10.1. The molecule has 0 radical (unpaired) electrons. The van der Waals surface area contributed by atoms with Crippen LogP contribution in [0.1, 0.15) is 11.6 Å². The number of aldehydes is 1. The molecule has 0 fully saturated rings. The average Bonchev–Trinajstić information content (AvgIpc) is 2.91. The van der Waals surface area contributed by atoms with E-state index in [-0.39, 0.29) is 0 Å². The Balaban J connectivity index is 2.27. The smallest absolute Gasteiger partial charge is 0.149 e. The highest BCUT2D eigenvalue weighted by molar-refractivity contribution is 14.1. The lowest BCUT2D eigenvalue weighted by Crippen LogP contribution is -2.23. The van der Waals surface area contributed by atoms with Crippen LogP contribution in [0, 0.1) is 0 Å². The molecule has 0 bridgehead atoms. The first-order chi connectivity index (χ1) is 11.5. The average molecular weight is 516 g/mol. The van der Waals surface area contributed by atoms with E-state index in [0.29, 0.717) is 47.4 Å². The highest BCUT2D eigenvalue weighted by atomic mass is 127. The van der Waals surface area contributed by atoms with Crippen molar-refractivity contribution in [3.05, 3.63) is 32.8 Å². The van der Waals surface area contributed by atoms with Crippen LogP contribution in [0.3, 0.4) is 0 Å². The van der Waals surface area contributed by atoms with Gasteiger partial charge in [-0.15, -0.1) is 11.8 Å². The molecule has 126 valence electrons. The molecular formula is C14H10Cl3IN4OS. The van der Waals surface area contributed by atoms with Gasteiger partial charge in [0.2, 0.25) is 0 Å². The summed E-state index contributed by atoms with van der Waals surface area (Å²) in [5.74, 6) is 1.33. The lowest BCUT2D eigenvalue weighted by Gasteiger charge is -2.20. The van der Waals surface area contributed by atoms with E-state index in [1.54, 1.807) is 16.8 Å². The molecule has 5 nitrogen and oxygen atoms in total. The molecule has 2 heterocycles. The summed E-state index contributed by atoms with van der Waals surface area (Å²) in [6.07, 6.45) is 2.69. The standard InChI is InChI=1S/C14H10Cl3IN4OS/c1-24-14-11-9(5-23)19-10(4-18)20-13(11)22(21-14)12-7(16)2-6(15)3-8(12)17/h2-3,5,9H,4H2,1H3,(H,19,20). The number of fused-ring (bicyclic) bond motifs is 1. The fourth-order valence-corrected chi connectivity index (χ4v) is 4.38. The molecule has 1 aliphatic heterocycles. The summed E-state index contributed by atoms with van der Waals surface area (Å²) >= 11 is 22.3. The van der Waals surface area contributed by atoms with Gasteiger partial charge in [-0.1, -0.05) is 57.4 Å². The molecule has 24 heavy (non-hydrogen) atoms. The van der Waals surface area contributed by atoms with Gasteiger partial charge in [0.1, 0.15) is 34.7 Å². The van der Waals surface area contributed by atoms with Crippen molar-refractivity contribution in [3.63, 3.8) is 0 Å². The predicted octanol–water partition coefficient (Wildman–Crippen LogP) is 5.05. The topological polar surface area (TPSA) is 59.3 Å². The van der Waals surface area contributed by atoms with Crippen LogP contribution >= 0.6 is 69.2 Å². The van der Waals surface area contributed by atoms with Gasteiger partial charge in [0.05, 0.1) is 20.0 Å². The Bertz CT molecular complexity index is 832. The largest absolute Gasteiger partial charge is 0.328 e. The van der Waals surface area contributed by atoms with Gasteiger partial charge >= 0.3 is 0 Å². The quantitative estimate of drug-likeness (QED) is 0.268. The molecule has 0 saturated carbocycles. The predicted molar refractivity (Wildman–Crippen MR) is 109 cm³/mol. The number of nitrogens with one attached hydrogen (secondary N) is 1. The summed E-state index contributed by atoms with van der Waals surface area (Å²) in [4.78, 5) is 15.9. The van der Waals surface area contributed by atoms with Crippen molar-refractivity contribution in [2.45, 2.75) is 11.1 Å². The van der Waals surface area contributed by atoms with Crippen molar-refractivity contribution in [3.8, 4) is 5.69 Å². The van der Waals surface area contributed by atoms with E-state index in [0.717, 1.165) is 6.29 Å². The number of aliphatic imine (C=N–C) groups is 1. The number of rotatable bonds is 4. The number of carbonyl (C=O) groups is 1. The number of hydrogen-bond acceptors (Lipinski definition) is 5. The van der Waals surface area contributed by atoms with E-state index < -0.39 is 6.04 Å². The molecule has 0 saturated heterocycles. The van der Waals surface area contributed by atoms with Crippen LogP contribution < -0.4 is 5.32 Å². The Morgan fingerprint density at radius 1 is 1.38 bits per heavy atom. The van der Waals surface area contributed by atoms with Crippen molar-refractivity contribution in [1.82, 2.24) is 9.78 Å². The van der Waals surface area contributed by atoms with Crippen LogP contribution in [0.25, 0.3) is 5.69 Å². The van der Waals surface area contributed by atoms with Crippen LogP contribution in [-0.4, -0.2) is 32.6 Å². The SMILES string of the molecule is CSc1nn(-c2c(Cl)cc(Cl)cc2Cl)c2c1C(C=O)N=C(CI)N2. The number of aromatic nitrogens is 2. The van der Waals surface area contributed by atoms with E-state index in [1.165, 1.54) is 11.8 Å². The number of anilines is 1. The summed E-state index contributed by atoms with van der Waals surface area (Å²) in [7, 11) is 0. The Labute approximate surface area is 171 Å². The van der Waals surface area contributed by atoms with Gasteiger partial charge in [-0.3, -0.25) is 4.99 Å². The Morgan fingerprint density at radius 3 is 2.58 bits per heavy atom. The molecule has 1 unspecified atom stereocenters. The first kappa shape index (κ1) is 18.3. The Hall–Kier alpha value is -0.480. The number of amidine groups is 1. The van der Waals surface area contributed by atoms with Crippen molar-refractivity contribution >= 4 is 87.1 Å². The second-order valence-electron chi connectivity index (χ2n) is 4.82. The second kappa shape index (κ2) is 7.41. The van der Waals surface area contributed by atoms with E-state index in [1.807, 2.05) is 6.26 Å². The molecule has 0 amide bonds. The number of thioether (sulfide) groups is 1.